The molecular weight excluding hydrogens is 148 g/mol. The minimum Gasteiger partial charge on any atom is -0.489 e. The minimum absolute atomic E-state index is 0.0781. The molecule has 0 aliphatic heterocycles. The van der Waals surface area contributed by atoms with Gasteiger partial charge in [-0.3, -0.25) is 4.79 Å². The molecule has 0 aromatic rings. The predicted molar refractivity (Wildman–Crippen MR) is 44.1 cm³/mol. The molecule has 0 aromatic heterocycles. The third-order valence-electron chi connectivity index (χ3n) is 1.38. The van der Waals surface area contributed by atoms with Crippen molar-refractivity contribution in [2.75, 3.05) is 7.11 Å². The summed E-state index contributed by atoms with van der Waals surface area (Å²) in [6.07, 6.45) is 0.724. The molecule has 0 aliphatic rings. The van der Waals surface area contributed by atoms with Gasteiger partial charge in [-0.1, -0.05) is 6.92 Å². The van der Waals surface area contributed by atoms with Crippen LogP contribution in [0.3, 0.4) is 0 Å². The van der Waals surface area contributed by atoms with Gasteiger partial charge in [0.25, 0.3) is 0 Å². The Balaban J connectivity index is 4.06. The summed E-state index contributed by atoms with van der Waals surface area (Å²) in [4.78, 5) is 10.8. The summed E-state index contributed by atoms with van der Waals surface area (Å²) < 4.78 is 4.78. The molecule has 0 bridgehead atoms. The van der Waals surface area contributed by atoms with Gasteiger partial charge in [-0.2, -0.15) is 0 Å². The van der Waals surface area contributed by atoms with Crippen molar-refractivity contribution in [3.05, 3.63) is 0 Å². The van der Waals surface area contributed by atoms with E-state index >= 15 is 0 Å². The normalized spacial score (nSPS) is 12.3. The summed E-state index contributed by atoms with van der Waals surface area (Å²) in [5.41, 5.74) is 0. The van der Waals surface area contributed by atoms with E-state index in [9.17, 15) is 4.79 Å². The quantitative estimate of drug-likeness (QED) is 0.586. The molecule has 0 heterocycles. The molecule has 2 nitrogen and oxygen atoms in total. The summed E-state index contributed by atoms with van der Waals surface area (Å²) >= 11 is 4.81. The Bertz CT molecular complexity index is 143. The van der Waals surface area contributed by atoms with Crippen LogP contribution in [-0.2, 0) is 9.53 Å². The highest BCUT2D eigenvalue weighted by Gasteiger charge is 2.17. The molecule has 0 aromatic carbocycles. The first-order valence-electron chi connectivity index (χ1n) is 3.21. The number of ketones is 1. The number of methoxy groups -OCH3 is 1. The summed E-state index contributed by atoms with van der Waals surface area (Å²) in [5, 5.41) is 0.398. The fraction of sp³-hybridized carbons (Fsp3) is 0.714. The van der Waals surface area contributed by atoms with Crippen molar-refractivity contribution >= 4 is 23.1 Å². The predicted octanol–water partition coefficient (Wildman–Crippen LogP) is 1.58. The Morgan fingerprint density at radius 3 is 2.30 bits per heavy atom. The van der Waals surface area contributed by atoms with E-state index in [0.29, 0.717) is 5.05 Å². The topological polar surface area (TPSA) is 26.3 Å². The molecule has 0 saturated carbocycles. The molecule has 0 N–H and O–H groups in total. The highest BCUT2D eigenvalue weighted by molar-refractivity contribution is 7.80. The van der Waals surface area contributed by atoms with Crippen LogP contribution < -0.4 is 0 Å². The lowest BCUT2D eigenvalue weighted by Gasteiger charge is -2.10. The Morgan fingerprint density at radius 1 is 1.70 bits per heavy atom. The molecule has 0 amide bonds. The van der Waals surface area contributed by atoms with Gasteiger partial charge >= 0.3 is 0 Å². The highest BCUT2D eigenvalue weighted by Crippen LogP contribution is 2.07. The molecule has 0 rings (SSSR count). The van der Waals surface area contributed by atoms with Gasteiger partial charge in [-0.15, -0.1) is 0 Å². The van der Waals surface area contributed by atoms with Crippen molar-refractivity contribution in [3.8, 4) is 0 Å². The monoisotopic (exact) mass is 160 g/mol. The summed E-state index contributed by atoms with van der Waals surface area (Å²) in [5.74, 6) is -0.116. The Hall–Kier alpha value is -0.440. The molecule has 0 fully saturated rings. The Morgan fingerprint density at radius 2 is 2.20 bits per heavy atom. The van der Waals surface area contributed by atoms with E-state index < -0.39 is 0 Å². The van der Waals surface area contributed by atoms with Crippen molar-refractivity contribution in [1.82, 2.24) is 0 Å². The van der Waals surface area contributed by atoms with E-state index in [4.69, 9.17) is 17.0 Å². The molecule has 0 radical (unpaired) electrons. The molecule has 3 heteroatoms. The summed E-state index contributed by atoms with van der Waals surface area (Å²) in [6, 6.07) is 0. The third-order valence-corrected chi connectivity index (χ3v) is 1.84. The van der Waals surface area contributed by atoms with Gasteiger partial charge in [0.1, 0.15) is 5.78 Å². The van der Waals surface area contributed by atoms with E-state index in [1.165, 1.54) is 14.0 Å². The molecule has 1 unspecified atom stereocenters. The van der Waals surface area contributed by atoms with Gasteiger partial charge in [0, 0.05) is 0 Å². The van der Waals surface area contributed by atoms with E-state index in [1.54, 1.807) is 0 Å². The average Bonchev–Trinajstić information content (AvgIpc) is 1.88. The number of rotatable bonds is 3. The molecule has 58 valence electrons. The van der Waals surface area contributed by atoms with Gasteiger partial charge in [0.2, 0.25) is 0 Å². The van der Waals surface area contributed by atoms with Crippen molar-refractivity contribution in [3.63, 3.8) is 0 Å². The number of Topliss-reactive ketones (excluding diaryl/α,β-unsaturated/α-hetero) is 1. The zero-order valence-corrected chi connectivity index (χ0v) is 7.33. The first-order valence-corrected chi connectivity index (χ1v) is 3.62. The third kappa shape index (κ3) is 2.43. The van der Waals surface area contributed by atoms with Crippen LogP contribution in [0.2, 0.25) is 0 Å². The first kappa shape index (κ1) is 9.56. The Kier molecular flexibility index (Phi) is 4.19. The standard InChI is InChI=1S/C7H12O2S/c1-4-6(5(2)8)7(10)9-3/h6H,4H2,1-3H3. The summed E-state index contributed by atoms with van der Waals surface area (Å²) in [7, 11) is 1.49. The van der Waals surface area contributed by atoms with E-state index in [1.807, 2.05) is 6.92 Å². The van der Waals surface area contributed by atoms with Crippen molar-refractivity contribution in [1.29, 1.82) is 0 Å². The van der Waals surface area contributed by atoms with Crippen LogP contribution in [0.4, 0.5) is 0 Å². The average molecular weight is 160 g/mol. The molecule has 0 saturated heterocycles. The summed E-state index contributed by atoms with van der Waals surface area (Å²) in [6.45, 7) is 3.44. The fourth-order valence-electron chi connectivity index (χ4n) is 0.762. The second-order valence-electron chi connectivity index (χ2n) is 2.09. The second kappa shape index (κ2) is 4.39. The van der Waals surface area contributed by atoms with Gasteiger partial charge in [-0.05, 0) is 25.6 Å². The van der Waals surface area contributed by atoms with Crippen LogP contribution in [0.25, 0.3) is 0 Å². The zero-order chi connectivity index (χ0) is 8.15. The fourth-order valence-corrected chi connectivity index (χ4v) is 1.09. The van der Waals surface area contributed by atoms with Crippen LogP contribution in [-0.4, -0.2) is 17.9 Å². The number of carbonyl (C=O) groups excluding carboxylic acids is 1. The lowest BCUT2D eigenvalue weighted by Crippen LogP contribution is -2.20. The maximum absolute atomic E-state index is 10.8. The number of hydrogen-bond donors (Lipinski definition) is 0. The van der Waals surface area contributed by atoms with Crippen molar-refractivity contribution in [2.24, 2.45) is 5.92 Å². The van der Waals surface area contributed by atoms with Crippen LogP contribution in [0.1, 0.15) is 20.3 Å². The maximum atomic E-state index is 10.8. The van der Waals surface area contributed by atoms with E-state index in [2.05, 4.69) is 0 Å². The van der Waals surface area contributed by atoms with Gasteiger partial charge in [0.05, 0.1) is 13.0 Å². The lowest BCUT2D eigenvalue weighted by molar-refractivity contribution is -0.119. The maximum Gasteiger partial charge on any atom is 0.169 e. The largest absolute Gasteiger partial charge is 0.489 e. The molecule has 0 spiro atoms. The van der Waals surface area contributed by atoms with Gasteiger partial charge < -0.3 is 4.74 Å². The first-order chi connectivity index (χ1) is 4.63. The van der Waals surface area contributed by atoms with Gasteiger partial charge in [0.15, 0.2) is 5.05 Å². The van der Waals surface area contributed by atoms with Crippen molar-refractivity contribution in [2.45, 2.75) is 20.3 Å². The molecule has 1 atom stereocenters. The number of carbonyl (C=O) groups is 1. The van der Waals surface area contributed by atoms with Crippen LogP contribution in [0, 0.1) is 5.92 Å². The van der Waals surface area contributed by atoms with Crippen LogP contribution in [0.15, 0.2) is 0 Å². The molecule has 0 aliphatic carbocycles. The van der Waals surface area contributed by atoms with Crippen LogP contribution in [0.5, 0.6) is 0 Å². The highest BCUT2D eigenvalue weighted by atomic mass is 32.1. The van der Waals surface area contributed by atoms with E-state index in [0.717, 1.165) is 6.42 Å². The molecular formula is C7H12O2S. The van der Waals surface area contributed by atoms with E-state index in [-0.39, 0.29) is 11.7 Å². The SMILES string of the molecule is CCC(C(C)=O)C(=S)OC. The minimum atomic E-state index is -0.194. The number of thiocarbonyl (C=S) groups is 1. The van der Waals surface area contributed by atoms with Gasteiger partial charge in [-0.25, -0.2) is 0 Å². The zero-order valence-electron chi connectivity index (χ0n) is 6.51. The smallest absolute Gasteiger partial charge is 0.169 e. The second-order valence-corrected chi connectivity index (χ2v) is 2.50. The Labute approximate surface area is 66.6 Å². The van der Waals surface area contributed by atoms with Crippen LogP contribution >= 0.6 is 12.2 Å². The number of ether oxygens (including phenoxy) is 1. The number of hydrogen-bond acceptors (Lipinski definition) is 3. The van der Waals surface area contributed by atoms with Crippen molar-refractivity contribution < 1.29 is 9.53 Å². The molecule has 10 heavy (non-hydrogen) atoms. The lowest BCUT2D eigenvalue weighted by atomic mass is 10.0.